The Kier molecular flexibility index (Phi) is 6.16. The van der Waals surface area contributed by atoms with Crippen LogP contribution in [0.5, 0.6) is 11.5 Å². The van der Waals surface area contributed by atoms with E-state index in [9.17, 15) is 4.79 Å². The molecule has 1 aromatic carbocycles. The van der Waals surface area contributed by atoms with E-state index in [2.05, 4.69) is 6.58 Å². The molecule has 0 aliphatic carbocycles. The number of allylic oxidation sites excluding steroid dienone is 4. The van der Waals surface area contributed by atoms with E-state index in [1.807, 2.05) is 25.1 Å². The molecule has 0 saturated carbocycles. The fraction of sp³-hybridized carbons (Fsp3) is 0.188. The lowest BCUT2D eigenvalue weighted by Crippen LogP contribution is -2.05. The summed E-state index contributed by atoms with van der Waals surface area (Å²) >= 11 is 0. The third kappa shape index (κ3) is 4.84. The lowest BCUT2D eigenvalue weighted by atomic mass is 10.1. The summed E-state index contributed by atoms with van der Waals surface area (Å²) < 4.78 is 10.4. The van der Waals surface area contributed by atoms with E-state index >= 15 is 0 Å². The monoisotopic (exact) mass is 258 g/mol. The first-order valence-corrected chi connectivity index (χ1v) is 6.00. The number of carbonyl (C=O) groups excluding carboxylic acids is 1. The van der Waals surface area contributed by atoms with Gasteiger partial charge in [0.2, 0.25) is 0 Å². The Morgan fingerprint density at radius 1 is 1.32 bits per heavy atom. The molecule has 0 N–H and O–H groups in total. The van der Waals surface area contributed by atoms with Crippen LogP contribution in [0.25, 0.3) is 0 Å². The molecular formula is C16H18O3. The second-order valence-corrected chi connectivity index (χ2v) is 3.78. The predicted molar refractivity (Wildman–Crippen MR) is 76.5 cm³/mol. The maximum absolute atomic E-state index is 11.6. The van der Waals surface area contributed by atoms with Gasteiger partial charge in [0.15, 0.2) is 11.5 Å². The van der Waals surface area contributed by atoms with Crippen molar-refractivity contribution < 1.29 is 14.3 Å². The highest BCUT2D eigenvalue weighted by Gasteiger charge is 2.08. The zero-order chi connectivity index (χ0) is 14.1. The van der Waals surface area contributed by atoms with Crippen molar-refractivity contribution in [3.05, 3.63) is 60.7 Å². The van der Waals surface area contributed by atoms with Crippen molar-refractivity contribution in [2.45, 2.75) is 13.3 Å². The summed E-state index contributed by atoms with van der Waals surface area (Å²) in [7, 11) is 1.54. The second-order valence-electron chi connectivity index (χ2n) is 3.78. The maximum atomic E-state index is 11.6. The van der Waals surface area contributed by atoms with Gasteiger partial charge in [0, 0.05) is 6.08 Å². The van der Waals surface area contributed by atoms with E-state index < -0.39 is 5.97 Å². The normalized spacial score (nSPS) is 10.8. The molecule has 0 heterocycles. The number of benzene rings is 1. The average molecular weight is 258 g/mol. The van der Waals surface area contributed by atoms with Gasteiger partial charge < -0.3 is 9.47 Å². The van der Waals surface area contributed by atoms with E-state index in [0.717, 1.165) is 12.0 Å². The Labute approximate surface area is 113 Å². The van der Waals surface area contributed by atoms with Crippen molar-refractivity contribution in [2.24, 2.45) is 0 Å². The number of rotatable bonds is 6. The highest BCUT2D eigenvalue weighted by molar-refractivity contribution is 5.84. The molecule has 0 aliphatic heterocycles. The van der Waals surface area contributed by atoms with Gasteiger partial charge in [0.1, 0.15) is 0 Å². The van der Waals surface area contributed by atoms with Crippen molar-refractivity contribution in [1.82, 2.24) is 0 Å². The van der Waals surface area contributed by atoms with Crippen LogP contribution in [0.15, 0.2) is 55.2 Å². The first-order chi connectivity index (χ1) is 9.21. The lowest BCUT2D eigenvalue weighted by Gasteiger charge is -2.09. The number of hydrogen-bond acceptors (Lipinski definition) is 3. The molecule has 0 fully saturated rings. The summed E-state index contributed by atoms with van der Waals surface area (Å²) in [6, 6.07) is 5.43. The van der Waals surface area contributed by atoms with Gasteiger partial charge in [0.05, 0.1) is 7.11 Å². The maximum Gasteiger partial charge on any atom is 0.336 e. The van der Waals surface area contributed by atoms with Crippen molar-refractivity contribution in [3.63, 3.8) is 0 Å². The molecule has 0 aromatic heterocycles. The Morgan fingerprint density at radius 3 is 2.74 bits per heavy atom. The third-order valence-corrected chi connectivity index (χ3v) is 2.35. The van der Waals surface area contributed by atoms with E-state index in [0.29, 0.717) is 11.5 Å². The van der Waals surface area contributed by atoms with Crippen molar-refractivity contribution in [2.75, 3.05) is 7.11 Å². The van der Waals surface area contributed by atoms with Crippen LogP contribution in [-0.4, -0.2) is 13.1 Å². The molecule has 0 aliphatic rings. The van der Waals surface area contributed by atoms with Gasteiger partial charge in [-0.15, -0.1) is 6.58 Å². The lowest BCUT2D eigenvalue weighted by molar-refractivity contribution is -0.129. The van der Waals surface area contributed by atoms with Gasteiger partial charge in [-0.25, -0.2) is 4.79 Å². The molecule has 3 nitrogen and oxygen atoms in total. The third-order valence-electron chi connectivity index (χ3n) is 2.35. The Morgan fingerprint density at radius 2 is 2.11 bits per heavy atom. The number of methoxy groups -OCH3 is 1. The van der Waals surface area contributed by atoms with Crippen LogP contribution < -0.4 is 9.47 Å². The smallest absolute Gasteiger partial charge is 0.336 e. The molecule has 0 spiro atoms. The van der Waals surface area contributed by atoms with E-state index in [-0.39, 0.29) is 0 Å². The van der Waals surface area contributed by atoms with Gasteiger partial charge in [-0.05, 0) is 31.0 Å². The first-order valence-electron chi connectivity index (χ1n) is 6.00. The summed E-state index contributed by atoms with van der Waals surface area (Å²) in [5.41, 5.74) is 1.05. The minimum atomic E-state index is -0.437. The van der Waals surface area contributed by atoms with Crippen LogP contribution in [0.4, 0.5) is 0 Å². The minimum Gasteiger partial charge on any atom is -0.493 e. The largest absolute Gasteiger partial charge is 0.493 e. The van der Waals surface area contributed by atoms with Gasteiger partial charge >= 0.3 is 5.97 Å². The Balaban J connectivity index is 2.82. The van der Waals surface area contributed by atoms with Gasteiger partial charge in [-0.1, -0.05) is 30.4 Å². The average Bonchev–Trinajstić information content (AvgIpc) is 2.41. The molecule has 0 saturated heterocycles. The molecule has 0 amide bonds. The predicted octanol–water partition coefficient (Wildman–Crippen LogP) is 3.46. The summed E-state index contributed by atoms with van der Waals surface area (Å²) in [6.45, 7) is 5.55. The molecule has 19 heavy (non-hydrogen) atoms. The van der Waals surface area contributed by atoms with Crippen LogP contribution in [0.2, 0.25) is 0 Å². The Hall–Kier alpha value is -2.29. The van der Waals surface area contributed by atoms with Crippen molar-refractivity contribution >= 4 is 5.97 Å². The zero-order valence-electron chi connectivity index (χ0n) is 11.3. The molecular weight excluding hydrogens is 240 g/mol. The molecule has 0 bridgehead atoms. The molecule has 1 rings (SSSR count). The molecule has 1 aromatic rings. The first kappa shape index (κ1) is 14.8. The zero-order valence-corrected chi connectivity index (χ0v) is 11.3. The molecule has 3 heteroatoms. The number of carbonyl (C=O) groups is 1. The van der Waals surface area contributed by atoms with Gasteiger partial charge in [0.25, 0.3) is 0 Å². The minimum absolute atomic E-state index is 0.408. The van der Waals surface area contributed by atoms with Gasteiger partial charge in [-0.2, -0.15) is 0 Å². The van der Waals surface area contributed by atoms with Crippen LogP contribution in [-0.2, 0) is 11.2 Å². The second kappa shape index (κ2) is 7.93. The van der Waals surface area contributed by atoms with E-state index in [4.69, 9.17) is 9.47 Å². The summed E-state index contributed by atoms with van der Waals surface area (Å²) in [5.74, 6) is 0.505. The van der Waals surface area contributed by atoms with Crippen molar-refractivity contribution in [1.29, 1.82) is 0 Å². The molecule has 0 radical (unpaired) electrons. The number of ether oxygens (including phenoxy) is 2. The fourth-order valence-corrected chi connectivity index (χ4v) is 1.48. The quantitative estimate of drug-likeness (QED) is 0.258. The molecule has 100 valence electrons. The highest BCUT2D eigenvalue weighted by atomic mass is 16.6. The topological polar surface area (TPSA) is 35.5 Å². The van der Waals surface area contributed by atoms with Crippen LogP contribution in [0.1, 0.15) is 12.5 Å². The van der Waals surface area contributed by atoms with E-state index in [1.54, 1.807) is 31.4 Å². The van der Waals surface area contributed by atoms with Crippen LogP contribution in [0, 0.1) is 0 Å². The fourth-order valence-electron chi connectivity index (χ4n) is 1.48. The highest BCUT2D eigenvalue weighted by Crippen LogP contribution is 2.28. The standard InChI is InChI=1S/C16H18O3/c1-4-6-7-9-16(17)19-14-11-10-13(8-5-2)12-15(14)18-3/h4-7,9-12H,2,8H2,1,3H3/b6-4+,9-7+. The summed E-state index contributed by atoms with van der Waals surface area (Å²) in [4.78, 5) is 11.6. The number of esters is 1. The summed E-state index contributed by atoms with van der Waals surface area (Å²) in [5, 5.41) is 0. The number of hydrogen-bond donors (Lipinski definition) is 0. The Bertz CT molecular complexity index is 499. The van der Waals surface area contributed by atoms with Gasteiger partial charge in [-0.3, -0.25) is 0 Å². The van der Waals surface area contributed by atoms with Crippen LogP contribution in [0.3, 0.4) is 0 Å². The molecule has 0 atom stereocenters. The SMILES string of the molecule is C=CCc1ccc(OC(=O)/C=C/C=C/C)c(OC)c1. The van der Waals surface area contributed by atoms with Crippen molar-refractivity contribution in [3.8, 4) is 11.5 Å². The van der Waals surface area contributed by atoms with Crippen LogP contribution >= 0.6 is 0 Å². The summed E-state index contributed by atoms with van der Waals surface area (Å²) in [6.07, 6.45) is 9.12. The van der Waals surface area contributed by atoms with E-state index in [1.165, 1.54) is 6.08 Å². The molecule has 0 unspecified atom stereocenters.